The molecule has 2 rings (SSSR count). The van der Waals surface area contributed by atoms with Gasteiger partial charge in [-0.1, -0.05) is 20.8 Å². The Hall–Kier alpha value is 0.310. The maximum atomic E-state index is 3.87. The fraction of sp³-hybridized carbons (Fsp3) is 1.00. The van der Waals surface area contributed by atoms with Gasteiger partial charge >= 0.3 is 0 Å². The number of rotatable bonds is 2. The molecule has 1 saturated carbocycles. The normalized spacial score (nSPS) is 36.6. The number of hydrogen-bond acceptors (Lipinski definition) is 2. The van der Waals surface area contributed by atoms with Crippen molar-refractivity contribution in [1.82, 2.24) is 5.32 Å². The minimum absolute atomic E-state index is 0.522. The number of thioether (sulfide) groups is 1. The Labute approximate surface area is 105 Å². The zero-order valence-electron chi connectivity index (χ0n) is 11.1. The van der Waals surface area contributed by atoms with E-state index >= 15 is 0 Å². The molecule has 0 bridgehead atoms. The van der Waals surface area contributed by atoms with Gasteiger partial charge in [0, 0.05) is 17.8 Å². The molecular formula is C14H27NS. The molecule has 16 heavy (non-hydrogen) atoms. The van der Waals surface area contributed by atoms with Gasteiger partial charge in [-0.2, -0.15) is 11.8 Å². The molecule has 0 aromatic heterocycles. The Kier molecular flexibility index (Phi) is 4.23. The minimum Gasteiger partial charge on any atom is -0.310 e. The van der Waals surface area contributed by atoms with Gasteiger partial charge in [-0.05, 0) is 49.2 Å². The van der Waals surface area contributed by atoms with Crippen LogP contribution in [0.3, 0.4) is 0 Å². The molecule has 1 nitrogen and oxygen atoms in total. The van der Waals surface area contributed by atoms with E-state index in [1.54, 1.807) is 0 Å². The van der Waals surface area contributed by atoms with Crippen LogP contribution in [0, 0.1) is 11.3 Å². The fourth-order valence-electron chi connectivity index (χ4n) is 3.13. The van der Waals surface area contributed by atoms with E-state index in [1.807, 2.05) is 0 Å². The Bertz CT molecular complexity index is 207. The standard InChI is InChI=1S/C14H27NS/c1-14(2,3)11-4-6-12(7-5-11)15-13-8-9-16-10-13/h11-13,15H,4-10H2,1-3H3. The van der Waals surface area contributed by atoms with Gasteiger partial charge in [0.1, 0.15) is 0 Å². The first-order valence-corrected chi connectivity index (χ1v) is 8.05. The van der Waals surface area contributed by atoms with Crippen molar-refractivity contribution in [3.8, 4) is 0 Å². The molecule has 0 radical (unpaired) electrons. The van der Waals surface area contributed by atoms with Crippen molar-refractivity contribution in [1.29, 1.82) is 0 Å². The predicted molar refractivity (Wildman–Crippen MR) is 74.1 cm³/mol. The average Bonchev–Trinajstić information content (AvgIpc) is 2.70. The summed E-state index contributed by atoms with van der Waals surface area (Å²) in [6.45, 7) is 7.21. The van der Waals surface area contributed by atoms with E-state index in [4.69, 9.17) is 0 Å². The Morgan fingerprint density at radius 1 is 0.938 bits per heavy atom. The van der Waals surface area contributed by atoms with E-state index < -0.39 is 0 Å². The van der Waals surface area contributed by atoms with E-state index in [9.17, 15) is 0 Å². The van der Waals surface area contributed by atoms with Crippen LogP contribution in [0.4, 0.5) is 0 Å². The lowest BCUT2D eigenvalue weighted by Gasteiger charge is -2.38. The van der Waals surface area contributed by atoms with Crippen LogP contribution in [0.2, 0.25) is 0 Å². The summed E-state index contributed by atoms with van der Waals surface area (Å²) in [7, 11) is 0. The second-order valence-corrected chi connectivity index (χ2v) is 7.79. The molecular weight excluding hydrogens is 214 g/mol. The molecule has 1 N–H and O–H groups in total. The van der Waals surface area contributed by atoms with Crippen LogP contribution in [-0.4, -0.2) is 23.6 Å². The van der Waals surface area contributed by atoms with Gasteiger partial charge in [0.2, 0.25) is 0 Å². The van der Waals surface area contributed by atoms with Gasteiger partial charge in [0.05, 0.1) is 0 Å². The third-order valence-electron chi connectivity index (χ3n) is 4.35. The molecule has 94 valence electrons. The van der Waals surface area contributed by atoms with Crippen LogP contribution in [0.15, 0.2) is 0 Å². The van der Waals surface area contributed by atoms with Crippen molar-refractivity contribution in [2.45, 2.75) is 65.0 Å². The first kappa shape index (κ1) is 12.8. The zero-order chi connectivity index (χ0) is 11.6. The SMILES string of the molecule is CC(C)(C)C1CCC(NC2CCSC2)CC1. The van der Waals surface area contributed by atoms with Gasteiger partial charge in [-0.3, -0.25) is 0 Å². The van der Waals surface area contributed by atoms with Gasteiger partial charge in [-0.25, -0.2) is 0 Å². The van der Waals surface area contributed by atoms with Gasteiger partial charge in [0.25, 0.3) is 0 Å². The minimum atomic E-state index is 0.522. The molecule has 1 saturated heterocycles. The summed E-state index contributed by atoms with van der Waals surface area (Å²) in [5, 5.41) is 3.87. The monoisotopic (exact) mass is 241 g/mol. The van der Waals surface area contributed by atoms with Crippen LogP contribution in [0.1, 0.15) is 52.9 Å². The largest absolute Gasteiger partial charge is 0.310 e. The van der Waals surface area contributed by atoms with Crippen LogP contribution >= 0.6 is 11.8 Å². The maximum absolute atomic E-state index is 3.87. The Morgan fingerprint density at radius 2 is 1.62 bits per heavy atom. The van der Waals surface area contributed by atoms with Crippen molar-refractivity contribution in [3.63, 3.8) is 0 Å². The molecule has 0 aromatic rings. The second-order valence-electron chi connectivity index (χ2n) is 6.64. The Morgan fingerprint density at radius 3 is 2.12 bits per heavy atom. The summed E-state index contributed by atoms with van der Waals surface area (Å²) < 4.78 is 0. The molecule has 0 spiro atoms. The van der Waals surface area contributed by atoms with E-state index in [0.29, 0.717) is 5.41 Å². The van der Waals surface area contributed by atoms with Crippen LogP contribution in [0.5, 0.6) is 0 Å². The van der Waals surface area contributed by atoms with E-state index in [2.05, 4.69) is 37.8 Å². The lowest BCUT2D eigenvalue weighted by atomic mass is 9.71. The number of hydrogen-bond donors (Lipinski definition) is 1. The predicted octanol–water partition coefficient (Wildman–Crippen LogP) is 3.69. The van der Waals surface area contributed by atoms with Gasteiger partial charge in [0.15, 0.2) is 0 Å². The van der Waals surface area contributed by atoms with Crippen molar-refractivity contribution in [3.05, 3.63) is 0 Å². The summed E-state index contributed by atoms with van der Waals surface area (Å²) in [5.41, 5.74) is 0.522. The summed E-state index contributed by atoms with van der Waals surface area (Å²) in [6, 6.07) is 1.64. The highest BCUT2D eigenvalue weighted by Crippen LogP contribution is 2.38. The van der Waals surface area contributed by atoms with E-state index in [0.717, 1.165) is 18.0 Å². The summed E-state index contributed by atoms with van der Waals surface area (Å²) in [4.78, 5) is 0. The lowest BCUT2D eigenvalue weighted by Crippen LogP contribution is -2.41. The van der Waals surface area contributed by atoms with E-state index in [-0.39, 0.29) is 0 Å². The summed E-state index contributed by atoms with van der Waals surface area (Å²) in [5.74, 6) is 3.66. The van der Waals surface area contributed by atoms with Crippen LogP contribution in [-0.2, 0) is 0 Å². The van der Waals surface area contributed by atoms with Crippen molar-refractivity contribution >= 4 is 11.8 Å². The molecule has 1 aliphatic heterocycles. The van der Waals surface area contributed by atoms with E-state index in [1.165, 1.54) is 43.6 Å². The average molecular weight is 241 g/mol. The summed E-state index contributed by atoms with van der Waals surface area (Å²) in [6.07, 6.45) is 7.07. The topological polar surface area (TPSA) is 12.0 Å². The third-order valence-corrected chi connectivity index (χ3v) is 5.52. The lowest BCUT2D eigenvalue weighted by molar-refractivity contribution is 0.157. The molecule has 1 atom stereocenters. The smallest absolute Gasteiger partial charge is 0.0168 e. The van der Waals surface area contributed by atoms with Gasteiger partial charge < -0.3 is 5.32 Å². The van der Waals surface area contributed by atoms with Crippen molar-refractivity contribution in [2.75, 3.05) is 11.5 Å². The first-order valence-electron chi connectivity index (χ1n) is 6.89. The Balaban J connectivity index is 1.72. The molecule has 2 fully saturated rings. The molecule has 0 amide bonds. The van der Waals surface area contributed by atoms with Crippen molar-refractivity contribution in [2.24, 2.45) is 11.3 Å². The van der Waals surface area contributed by atoms with Crippen LogP contribution in [0.25, 0.3) is 0 Å². The quantitative estimate of drug-likeness (QED) is 0.791. The first-order chi connectivity index (χ1) is 7.55. The second kappa shape index (κ2) is 5.30. The van der Waals surface area contributed by atoms with Gasteiger partial charge in [-0.15, -0.1) is 0 Å². The zero-order valence-corrected chi connectivity index (χ0v) is 11.9. The van der Waals surface area contributed by atoms with Crippen LogP contribution < -0.4 is 5.32 Å². The molecule has 1 aliphatic carbocycles. The number of nitrogens with one attached hydrogen (secondary N) is 1. The molecule has 2 heteroatoms. The van der Waals surface area contributed by atoms with Crippen molar-refractivity contribution < 1.29 is 0 Å². The highest BCUT2D eigenvalue weighted by molar-refractivity contribution is 7.99. The molecule has 2 aliphatic rings. The molecule has 0 aromatic carbocycles. The fourth-order valence-corrected chi connectivity index (χ4v) is 4.29. The third kappa shape index (κ3) is 3.40. The summed E-state index contributed by atoms with van der Waals surface area (Å²) >= 11 is 2.11. The highest BCUT2D eigenvalue weighted by Gasteiger charge is 2.30. The highest BCUT2D eigenvalue weighted by atomic mass is 32.2. The maximum Gasteiger partial charge on any atom is 0.0168 e. The molecule has 1 heterocycles. The molecule has 1 unspecified atom stereocenters.